The van der Waals surface area contributed by atoms with Crippen LogP contribution in [0, 0.1) is 6.92 Å². The van der Waals surface area contributed by atoms with E-state index in [1.807, 2.05) is 31.2 Å². The van der Waals surface area contributed by atoms with Crippen LogP contribution in [0.5, 0.6) is 0 Å². The number of carbonyl (C=O) groups is 1. The van der Waals surface area contributed by atoms with Crippen molar-refractivity contribution in [3.8, 4) is 0 Å². The van der Waals surface area contributed by atoms with Crippen LogP contribution in [0.25, 0.3) is 0 Å². The monoisotopic (exact) mass is 247 g/mol. The zero-order valence-corrected chi connectivity index (χ0v) is 11.3. The third-order valence-electron chi connectivity index (χ3n) is 3.24. The van der Waals surface area contributed by atoms with Gasteiger partial charge in [0.2, 0.25) is 0 Å². The molecule has 1 heterocycles. The molecule has 1 aliphatic heterocycles. The molecule has 0 bridgehead atoms. The first-order valence-electron chi connectivity index (χ1n) is 6.52. The molecular formula is C15H21NO2. The zero-order valence-electron chi connectivity index (χ0n) is 11.3. The number of nitrogens with zero attached hydrogens (tertiary/aromatic N) is 1. The van der Waals surface area contributed by atoms with Crippen LogP contribution >= 0.6 is 0 Å². The Morgan fingerprint density at radius 1 is 1.22 bits per heavy atom. The number of rotatable bonds is 3. The van der Waals surface area contributed by atoms with Crippen LogP contribution in [0.3, 0.4) is 0 Å². The topological polar surface area (TPSA) is 29.5 Å². The molecule has 1 aromatic rings. The molecule has 0 radical (unpaired) electrons. The molecule has 98 valence electrons. The number of benzene rings is 1. The number of aryl methyl sites for hydroxylation is 1. The Labute approximate surface area is 109 Å². The molecule has 18 heavy (non-hydrogen) atoms. The fraction of sp³-hybridized carbons (Fsp3) is 0.533. The van der Waals surface area contributed by atoms with Crippen LogP contribution in [0.1, 0.15) is 29.8 Å². The van der Waals surface area contributed by atoms with Gasteiger partial charge in [-0.1, -0.05) is 29.8 Å². The summed E-state index contributed by atoms with van der Waals surface area (Å²) in [6, 6.07) is 7.78. The van der Waals surface area contributed by atoms with Crippen LogP contribution in [0.4, 0.5) is 0 Å². The van der Waals surface area contributed by atoms with E-state index in [-0.39, 0.29) is 18.0 Å². The first-order valence-corrected chi connectivity index (χ1v) is 6.52. The number of hydrogen-bond acceptors (Lipinski definition) is 3. The number of Topliss-reactive ketones (excluding diaryl/α,β-unsaturated/α-hetero) is 1. The first kappa shape index (κ1) is 13.2. The lowest BCUT2D eigenvalue weighted by Gasteiger charge is -2.34. The van der Waals surface area contributed by atoms with Crippen molar-refractivity contribution in [2.75, 3.05) is 19.6 Å². The van der Waals surface area contributed by atoms with Gasteiger partial charge in [-0.05, 0) is 20.8 Å². The quantitative estimate of drug-likeness (QED) is 0.767. The third-order valence-corrected chi connectivity index (χ3v) is 3.24. The van der Waals surface area contributed by atoms with Crippen molar-refractivity contribution in [2.45, 2.75) is 33.0 Å². The van der Waals surface area contributed by atoms with E-state index in [2.05, 4.69) is 18.7 Å². The molecule has 0 spiro atoms. The second-order valence-electron chi connectivity index (χ2n) is 5.24. The van der Waals surface area contributed by atoms with Gasteiger partial charge in [-0.3, -0.25) is 9.69 Å². The minimum Gasteiger partial charge on any atom is -0.373 e. The molecule has 0 saturated carbocycles. The molecule has 0 amide bonds. The number of morpholine rings is 1. The molecule has 1 fully saturated rings. The Hall–Kier alpha value is -1.19. The number of hydrogen-bond donors (Lipinski definition) is 0. The standard InChI is InChI=1S/C15H21NO2/c1-11-4-6-14(7-5-11)15(17)10-16-8-12(2)18-13(3)9-16/h4-7,12-13H,8-10H2,1-3H3/t12-,13+. The SMILES string of the molecule is Cc1ccc(C(=O)CN2C[C@@H](C)O[C@@H](C)C2)cc1. The van der Waals surface area contributed by atoms with E-state index in [1.54, 1.807) is 0 Å². The second kappa shape index (κ2) is 5.63. The average molecular weight is 247 g/mol. The lowest BCUT2D eigenvalue weighted by atomic mass is 10.1. The van der Waals surface area contributed by atoms with Crippen molar-refractivity contribution in [2.24, 2.45) is 0 Å². The molecular weight excluding hydrogens is 226 g/mol. The summed E-state index contributed by atoms with van der Waals surface area (Å²) in [4.78, 5) is 14.3. The maximum atomic E-state index is 12.2. The minimum atomic E-state index is 0.191. The summed E-state index contributed by atoms with van der Waals surface area (Å²) in [7, 11) is 0. The summed E-state index contributed by atoms with van der Waals surface area (Å²) in [5.41, 5.74) is 1.98. The molecule has 2 atom stereocenters. The summed E-state index contributed by atoms with van der Waals surface area (Å²) in [5, 5.41) is 0. The lowest BCUT2D eigenvalue weighted by Crippen LogP contribution is -2.47. The Kier molecular flexibility index (Phi) is 4.15. The Balaban J connectivity index is 1.96. The molecule has 0 aliphatic carbocycles. The van der Waals surface area contributed by atoms with Crippen molar-refractivity contribution < 1.29 is 9.53 Å². The highest BCUT2D eigenvalue weighted by Gasteiger charge is 2.23. The van der Waals surface area contributed by atoms with E-state index in [4.69, 9.17) is 4.74 Å². The fourth-order valence-electron chi connectivity index (χ4n) is 2.45. The highest BCUT2D eigenvalue weighted by atomic mass is 16.5. The van der Waals surface area contributed by atoms with Gasteiger partial charge in [0.25, 0.3) is 0 Å². The summed E-state index contributed by atoms with van der Waals surface area (Å²) >= 11 is 0. The minimum absolute atomic E-state index is 0.191. The Morgan fingerprint density at radius 3 is 2.33 bits per heavy atom. The fourth-order valence-corrected chi connectivity index (χ4v) is 2.45. The predicted molar refractivity (Wildman–Crippen MR) is 72.0 cm³/mol. The molecule has 2 rings (SSSR count). The summed E-state index contributed by atoms with van der Waals surface area (Å²) < 4.78 is 5.67. The summed E-state index contributed by atoms with van der Waals surface area (Å²) in [5.74, 6) is 0.191. The third kappa shape index (κ3) is 3.40. The predicted octanol–water partition coefficient (Wildman–Crippen LogP) is 2.29. The number of ether oxygens (including phenoxy) is 1. The smallest absolute Gasteiger partial charge is 0.176 e. The highest BCUT2D eigenvalue weighted by Crippen LogP contribution is 2.12. The van der Waals surface area contributed by atoms with E-state index in [0.717, 1.165) is 18.7 Å². The molecule has 0 aromatic heterocycles. The van der Waals surface area contributed by atoms with Gasteiger partial charge in [0, 0.05) is 18.7 Å². The number of carbonyl (C=O) groups excluding carboxylic acids is 1. The van der Waals surface area contributed by atoms with Gasteiger partial charge in [0.1, 0.15) is 0 Å². The molecule has 3 heteroatoms. The highest BCUT2D eigenvalue weighted by molar-refractivity contribution is 5.97. The zero-order chi connectivity index (χ0) is 13.1. The van der Waals surface area contributed by atoms with Crippen molar-refractivity contribution in [3.63, 3.8) is 0 Å². The molecule has 3 nitrogen and oxygen atoms in total. The van der Waals surface area contributed by atoms with Crippen molar-refractivity contribution in [3.05, 3.63) is 35.4 Å². The van der Waals surface area contributed by atoms with Gasteiger partial charge in [-0.15, -0.1) is 0 Å². The molecule has 1 aromatic carbocycles. The summed E-state index contributed by atoms with van der Waals surface area (Å²) in [6.07, 6.45) is 0.416. The first-order chi connectivity index (χ1) is 8.54. The van der Waals surface area contributed by atoms with Gasteiger partial charge < -0.3 is 4.74 Å². The van der Waals surface area contributed by atoms with Crippen molar-refractivity contribution in [1.82, 2.24) is 4.90 Å². The largest absolute Gasteiger partial charge is 0.373 e. The van der Waals surface area contributed by atoms with E-state index in [9.17, 15) is 4.79 Å². The lowest BCUT2D eigenvalue weighted by molar-refractivity contribution is -0.0652. The van der Waals surface area contributed by atoms with E-state index < -0.39 is 0 Å². The van der Waals surface area contributed by atoms with E-state index >= 15 is 0 Å². The van der Waals surface area contributed by atoms with Crippen LogP contribution in [0.15, 0.2) is 24.3 Å². The average Bonchev–Trinajstić information content (AvgIpc) is 2.28. The normalized spacial score (nSPS) is 25.1. The van der Waals surface area contributed by atoms with Gasteiger partial charge in [0.05, 0.1) is 18.8 Å². The maximum Gasteiger partial charge on any atom is 0.176 e. The van der Waals surface area contributed by atoms with Crippen LogP contribution in [-0.2, 0) is 4.74 Å². The van der Waals surface area contributed by atoms with Gasteiger partial charge >= 0.3 is 0 Å². The number of ketones is 1. The van der Waals surface area contributed by atoms with Crippen LogP contribution in [0.2, 0.25) is 0 Å². The Morgan fingerprint density at radius 2 is 1.78 bits per heavy atom. The maximum absolute atomic E-state index is 12.2. The molecule has 1 saturated heterocycles. The molecule has 0 N–H and O–H groups in total. The van der Waals surface area contributed by atoms with Crippen LogP contribution < -0.4 is 0 Å². The Bertz CT molecular complexity index is 403. The molecule has 1 aliphatic rings. The van der Waals surface area contributed by atoms with Gasteiger partial charge in [0.15, 0.2) is 5.78 Å². The van der Waals surface area contributed by atoms with E-state index in [1.165, 1.54) is 5.56 Å². The van der Waals surface area contributed by atoms with Crippen molar-refractivity contribution >= 4 is 5.78 Å². The van der Waals surface area contributed by atoms with Gasteiger partial charge in [-0.2, -0.15) is 0 Å². The summed E-state index contributed by atoms with van der Waals surface area (Å²) in [6.45, 7) is 8.29. The van der Waals surface area contributed by atoms with E-state index in [0.29, 0.717) is 6.54 Å². The second-order valence-corrected chi connectivity index (χ2v) is 5.24. The van der Waals surface area contributed by atoms with Gasteiger partial charge in [-0.25, -0.2) is 0 Å². The van der Waals surface area contributed by atoms with Crippen molar-refractivity contribution in [1.29, 1.82) is 0 Å². The molecule has 0 unspecified atom stereocenters. The van der Waals surface area contributed by atoms with Crippen LogP contribution in [-0.4, -0.2) is 42.5 Å².